The van der Waals surface area contributed by atoms with Crippen LogP contribution in [0, 0.1) is 5.92 Å². The summed E-state index contributed by atoms with van der Waals surface area (Å²) in [6.07, 6.45) is 2.12. The van der Waals surface area contributed by atoms with Gasteiger partial charge in [-0.15, -0.1) is 4.31 Å². The van der Waals surface area contributed by atoms with Crippen molar-refractivity contribution < 1.29 is 13.9 Å². The minimum Gasteiger partial charge on any atom is -0.598 e. The summed E-state index contributed by atoms with van der Waals surface area (Å²) in [7, 11) is 1.59. The van der Waals surface area contributed by atoms with Crippen molar-refractivity contribution in [1.29, 1.82) is 0 Å². The van der Waals surface area contributed by atoms with E-state index < -0.39 is 11.4 Å². The van der Waals surface area contributed by atoms with Crippen LogP contribution >= 0.6 is 0 Å². The molecule has 4 nitrogen and oxygen atoms in total. The Morgan fingerprint density at radius 3 is 2.22 bits per heavy atom. The van der Waals surface area contributed by atoms with Gasteiger partial charge in [0.25, 0.3) is 0 Å². The Kier molecular flexibility index (Phi) is 6.05. The van der Waals surface area contributed by atoms with Gasteiger partial charge in [0, 0.05) is 18.4 Å². The molecule has 2 aliphatic rings. The smallest absolute Gasteiger partial charge is 0.481 e. The van der Waals surface area contributed by atoms with E-state index in [9.17, 15) is 4.55 Å². The molecule has 0 N–H and O–H groups in total. The fourth-order valence-electron chi connectivity index (χ4n) is 3.87. The van der Waals surface area contributed by atoms with Crippen LogP contribution in [0.2, 0.25) is 0 Å². The molecule has 1 saturated heterocycles. The summed E-state index contributed by atoms with van der Waals surface area (Å²) in [4.78, 5) is 0. The first-order chi connectivity index (χ1) is 12.5. The van der Waals surface area contributed by atoms with Gasteiger partial charge in [0.15, 0.2) is 0 Å². The van der Waals surface area contributed by atoms with Crippen molar-refractivity contribution in [1.82, 2.24) is 4.31 Å². The van der Waals surface area contributed by atoms with Crippen LogP contribution in [0.4, 0.5) is 0 Å². The Hall–Kier alpha value is -0.525. The van der Waals surface area contributed by atoms with Gasteiger partial charge < -0.3 is 13.9 Å². The summed E-state index contributed by atoms with van der Waals surface area (Å²) in [6, 6.07) is 10.7. The van der Waals surface area contributed by atoms with Crippen LogP contribution < -0.4 is 0 Å². The first-order valence-electron chi connectivity index (χ1n) is 10.1. The second-order valence-electron chi connectivity index (χ2n) is 9.31. The van der Waals surface area contributed by atoms with Crippen molar-refractivity contribution in [2.45, 2.75) is 82.7 Å². The molecule has 4 unspecified atom stereocenters. The molecule has 0 bridgehead atoms. The molecule has 1 aliphatic carbocycles. The molecule has 0 radical (unpaired) electrons. The highest BCUT2D eigenvalue weighted by Crippen LogP contribution is 2.51. The fourth-order valence-corrected chi connectivity index (χ4v) is 4.99. The lowest BCUT2D eigenvalue weighted by molar-refractivity contribution is 0.00578. The normalized spacial score (nSPS) is 28.6. The molecule has 27 heavy (non-hydrogen) atoms. The number of hydrogen-bond acceptors (Lipinski definition) is 4. The topological polar surface area (TPSA) is 44.8 Å². The third-order valence-electron chi connectivity index (χ3n) is 6.43. The number of nitrogens with zero attached hydrogens (tertiary/aromatic N) is 1. The predicted molar refractivity (Wildman–Crippen MR) is 113 cm³/mol. The number of rotatable bonds is 7. The van der Waals surface area contributed by atoms with Gasteiger partial charge in [-0.05, 0) is 71.8 Å². The van der Waals surface area contributed by atoms with Gasteiger partial charge in [0.05, 0.1) is 17.1 Å². The molecular weight excluding hydrogens is 357 g/mol. The van der Waals surface area contributed by atoms with E-state index in [-0.39, 0.29) is 29.5 Å². The monoisotopic (exact) mass is 391 g/mol. The Bertz CT molecular complexity index is 624. The lowest BCUT2D eigenvalue weighted by Crippen LogP contribution is -2.51. The van der Waals surface area contributed by atoms with Crippen LogP contribution in [0.15, 0.2) is 30.3 Å². The summed E-state index contributed by atoms with van der Waals surface area (Å²) in [5.41, 5.74) is 0.652. The summed E-state index contributed by atoms with van der Waals surface area (Å²) < 4.78 is 27.5. The minimum absolute atomic E-state index is 0.0204. The van der Waals surface area contributed by atoms with Crippen LogP contribution in [-0.4, -0.2) is 45.4 Å². The zero-order valence-corrected chi connectivity index (χ0v) is 18.6. The predicted octanol–water partition coefficient (Wildman–Crippen LogP) is 4.18. The first-order valence-corrected chi connectivity index (χ1v) is 11.2. The fraction of sp³-hybridized carbons (Fsp3) is 0.714. The molecule has 1 saturated carbocycles. The van der Waals surface area contributed by atoms with Crippen molar-refractivity contribution in [3.63, 3.8) is 0 Å². The van der Waals surface area contributed by atoms with Gasteiger partial charge in [0.2, 0.25) is 0 Å². The Balaban J connectivity index is 1.75. The summed E-state index contributed by atoms with van der Waals surface area (Å²) >= 11 is -1.06. The zero-order chi connectivity index (χ0) is 20.0. The second-order valence-corrected chi connectivity index (χ2v) is 11.4. The Morgan fingerprint density at radius 2 is 1.70 bits per heavy atom. The van der Waals surface area contributed by atoms with Crippen LogP contribution in [0.1, 0.15) is 65.9 Å². The van der Waals surface area contributed by atoms with Crippen LogP contribution in [0.3, 0.4) is 0 Å². The Labute approximate surface area is 168 Å². The van der Waals surface area contributed by atoms with E-state index in [0.717, 1.165) is 6.42 Å². The molecular formula is C21H34BNO3S. The molecule has 0 amide bonds. The molecule has 1 aliphatic heterocycles. The van der Waals surface area contributed by atoms with Crippen molar-refractivity contribution in [2.24, 2.45) is 5.92 Å². The number of benzene rings is 1. The van der Waals surface area contributed by atoms with E-state index >= 15 is 0 Å². The Morgan fingerprint density at radius 1 is 1.15 bits per heavy atom. The largest absolute Gasteiger partial charge is 0.598 e. The third-order valence-corrected chi connectivity index (χ3v) is 8.08. The van der Waals surface area contributed by atoms with Crippen molar-refractivity contribution in [3.8, 4) is 0 Å². The van der Waals surface area contributed by atoms with Gasteiger partial charge in [0.1, 0.15) is 5.25 Å². The maximum Gasteiger partial charge on any atom is 0.481 e. The average Bonchev–Trinajstić information content (AvgIpc) is 3.32. The quantitative estimate of drug-likeness (QED) is 0.517. The molecule has 1 aromatic rings. The molecule has 6 heteroatoms. The van der Waals surface area contributed by atoms with Crippen molar-refractivity contribution >= 4 is 18.5 Å². The third kappa shape index (κ3) is 4.40. The maximum absolute atomic E-state index is 12.8. The molecule has 4 atom stereocenters. The van der Waals surface area contributed by atoms with Gasteiger partial charge in [-0.2, -0.15) is 0 Å². The van der Waals surface area contributed by atoms with Gasteiger partial charge in [-0.25, -0.2) is 0 Å². The molecule has 3 rings (SSSR count). The standard InChI is InChI=1S/C21H34BNO3S/c1-15(2)27(24)23(7)19(22-25-20(3,4)21(5,6)26-22)14-17-13-18(17)16-11-9-8-10-12-16/h8-12,15,17-19H,13-14H2,1-7H3. The van der Waals surface area contributed by atoms with E-state index in [1.54, 1.807) is 0 Å². The van der Waals surface area contributed by atoms with Gasteiger partial charge in [-0.1, -0.05) is 30.3 Å². The van der Waals surface area contributed by atoms with Gasteiger partial charge in [-0.3, -0.25) is 0 Å². The molecule has 2 fully saturated rings. The van der Waals surface area contributed by atoms with Crippen LogP contribution in [0.5, 0.6) is 0 Å². The minimum atomic E-state index is -1.06. The van der Waals surface area contributed by atoms with Crippen LogP contribution in [0.25, 0.3) is 0 Å². The summed E-state index contributed by atoms with van der Waals surface area (Å²) in [5, 5.41) is 0.0732. The maximum atomic E-state index is 12.8. The van der Waals surface area contributed by atoms with Gasteiger partial charge >= 0.3 is 7.12 Å². The first kappa shape index (κ1) is 21.2. The van der Waals surface area contributed by atoms with E-state index in [4.69, 9.17) is 9.31 Å². The van der Waals surface area contributed by atoms with Crippen molar-refractivity contribution in [3.05, 3.63) is 35.9 Å². The average molecular weight is 391 g/mol. The summed E-state index contributed by atoms with van der Waals surface area (Å²) in [6.45, 7) is 12.3. The molecule has 150 valence electrons. The highest BCUT2D eigenvalue weighted by molar-refractivity contribution is 7.89. The lowest BCUT2D eigenvalue weighted by Gasteiger charge is -2.32. The van der Waals surface area contributed by atoms with E-state index in [1.165, 1.54) is 12.0 Å². The molecule has 0 aromatic heterocycles. The van der Waals surface area contributed by atoms with E-state index in [1.807, 2.05) is 25.2 Å². The lowest BCUT2D eigenvalue weighted by atomic mass is 9.75. The number of hydrogen-bond donors (Lipinski definition) is 0. The van der Waals surface area contributed by atoms with Crippen molar-refractivity contribution in [2.75, 3.05) is 7.05 Å². The second kappa shape index (κ2) is 7.71. The molecule has 1 heterocycles. The molecule has 0 spiro atoms. The van der Waals surface area contributed by atoms with Crippen LogP contribution in [-0.2, 0) is 20.7 Å². The zero-order valence-electron chi connectivity index (χ0n) is 17.8. The molecule has 1 aromatic carbocycles. The van der Waals surface area contributed by atoms with E-state index in [0.29, 0.717) is 11.8 Å². The summed E-state index contributed by atoms with van der Waals surface area (Å²) in [5.74, 6) is 1.16. The SMILES string of the molecule is CC(C)[S+]([O-])N(C)C(CC1CC1c1ccccc1)B1OC(C)(C)C(C)(C)O1. The highest BCUT2D eigenvalue weighted by atomic mass is 32.2. The van der Waals surface area contributed by atoms with E-state index in [2.05, 4.69) is 58.0 Å². The highest BCUT2D eigenvalue weighted by Gasteiger charge is 2.57.